The molecule has 1 aromatic heterocycles. The van der Waals surface area contributed by atoms with E-state index in [1.807, 2.05) is 26.1 Å². The van der Waals surface area contributed by atoms with Gasteiger partial charge in [-0.15, -0.1) is 11.6 Å². The monoisotopic (exact) mass is 264 g/mol. The normalized spacial score (nSPS) is 12.6. The molecule has 0 saturated heterocycles. The summed E-state index contributed by atoms with van der Waals surface area (Å²) in [5.41, 5.74) is 0. The van der Waals surface area contributed by atoms with Crippen molar-refractivity contribution >= 4 is 28.2 Å². The van der Waals surface area contributed by atoms with Crippen LogP contribution in [0.15, 0.2) is 30.5 Å². The predicted molar refractivity (Wildman–Crippen MR) is 76.6 cm³/mol. The van der Waals surface area contributed by atoms with Crippen molar-refractivity contribution in [1.29, 1.82) is 0 Å². The van der Waals surface area contributed by atoms with Gasteiger partial charge in [-0.25, -0.2) is 4.98 Å². The smallest absolute Gasteiger partial charge is 0.136 e. The second-order valence-electron chi connectivity index (χ2n) is 4.53. The summed E-state index contributed by atoms with van der Waals surface area (Å²) in [4.78, 5) is 6.47. The number of pyridine rings is 1. The molecule has 0 aliphatic heterocycles. The summed E-state index contributed by atoms with van der Waals surface area (Å²) in [5, 5.41) is 11.8. The van der Waals surface area contributed by atoms with Gasteiger partial charge in [-0.3, -0.25) is 0 Å². The zero-order chi connectivity index (χ0) is 13.1. The minimum Gasteiger partial charge on any atom is -0.508 e. The average molecular weight is 265 g/mol. The number of hydrogen-bond acceptors (Lipinski definition) is 3. The molecule has 0 radical (unpaired) electrons. The van der Waals surface area contributed by atoms with Crippen molar-refractivity contribution in [2.24, 2.45) is 0 Å². The molecule has 2 aromatic rings. The molecule has 0 fully saturated rings. The molecule has 4 heteroatoms. The zero-order valence-corrected chi connectivity index (χ0v) is 11.4. The van der Waals surface area contributed by atoms with Crippen molar-refractivity contribution < 1.29 is 5.11 Å². The van der Waals surface area contributed by atoms with Gasteiger partial charge in [0.2, 0.25) is 0 Å². The van der Waals surface area contributed by atoms with Crippen LogP contribution in [0.3, 0.4) is 0 Å². The van der Waals surface area contributed by atoms with Crippen molar-refractivity contribution in [3.8, 4) is 5.75 Å². The molecule has 96 valence electrons. The molecule has 1 aromatic carbocycles. The van der Waals surface area contributed by atoms with Crippen molar-refractivity contribution in [2.45, 2.75) is 18.7 Å². The van der Waals surface area contributed by atoms with Crippen LogP contribution in [0.25, 0.3) is 10.8 Å². The number of hydrogen-bond donors (Lipinski definition) is 1. The third-order valence-corrected chi connectivity index (χ3v) is 3.17. The van der Waals surface area contributed by atoms with E-state index in [1.54, 1.807) is 18.3 Å². The maximum Gasteiger partial charge on any atom is 0.136 e. The molecule has 1 unspecified atom stereocenters. The fourth-order valence-corrected chi connectivity index (χ4v) is 2.02. The highest BCUT2D eigenvalue weighted by molar-refractivity contribution is 6.20. The number of phenolic OH excluding ortho intramolecular Hbond substituents is 1. The van der Waals surface area contributed by atoms with E-state index in [0.717, 1.165) is 29.6 Å². The average Bonchev–Trinajstić information content (AvgIpc) is 2.35. The van der Waals surface area contributed by atoms with Crippen LogP contribution in [0.5, 0.6) is 5.75 Å². The zero-order valence-electron chi connectivity index (χ0n) is 10.6. The summed E-state index contributed by atoms with van der Waals surface area (Å²) in [5.74, 6) is 1.14. The lowest BCUT2D eigenvalue weighted by molar-refractivity contribution is 0.476. The molecule has 0 spiro atoms. The summed E-state index contributed by atoms with van der Waals surface area (Å²) >= 11 is 5.97. The second-order valence-corrected chi connectivity index (χ2v) is 5.28. The Hall–Kier alpha value is -1.48. The van der Waals surface area contributed by atoms with E-state index in [9.17, 15) is 5.11 Å². The van der Waals surface area contributed by atoms with Crippen molar-refractivity contribution in [3.63, 3.8) is 0 Å². The van der Waals surface area contributed by atoms with E-state index >= 15 is 0 Å². The molecule has 0 aliphatic rings. The maximum atomic E-state index is 9.59. The number of nitrogens with zero attached hydrogens (tertiary/aromatic N) is 2. The topological polar surface area (TPSA) is 36.4 Å². The number of fused-ring (bicyclic) bond motifs is 1. The Morgan fingerprint density at radius 1 is 1.39 bits per heavy atom. The van der Waals surface area contributed by atoms with Gasteiger partial charge in [0.25, 0.3) is 0 Å². The number of benzene rings is 1. The Morgan fingerprint density at radius 3 is 2.89 bits per heavy atom. The van der Waals surface area contributed by atoms with E-state index in [-0.39, 0.29) is 11.1 Å². The van der Waals surface area contributed by atoms with Gasteiger partial charge in [-0.1, -0.05) is 6.07 Å². The molecule has 1 N–H and O–H groups in total. The number of aromatic hydroxyl groups is 1. The van der Waals surface area contributed by atoms with Crippen LogP contribution in [0, 0.1) is 0 Å². The first-order valence-electron chi connectivity index (χ1n) is 6.01. The van der Waals surface area contributed by atoms with Crippen LogP contribution in [0.4, 0.5) is 5.82 Å². The highest BCUT2D eigenvalue weighted by atomic mass is 35.5. The Bertz CT molecular complexity index is 542. The summed E-state index contributed by atoms with van der Waals surface area (Å²) in [6.45, 7) is 2.82. The second kappa shape index (κ2) is 5.44. The molecule has 1 atom stereocenters. The number of alkyl halides is 1. The SMILES string of the molecule is CC(Cl)CCN(C)c1nccc2ccc(O)cc12. The van der Waals surface area contributed by atoms with Crippen LogP contribution in [0.2, 0.25) is 0 Å². The Morgan fingerprint density at radius 2 is 2.17 bits per heavy atom. The number of rotatable bonds is 4. The minimum atomic E-state index is 0.149. The fourth-order valence-electron chi connectivity index (χ4n) is 1.92. The van der Waals surface area contributed by atoms with Gasteiger partial charge in [0, 0.05) is 30.6 Å². The first-order valence-corrected chi connectivity index (χ1v) is 6.44. The van der Waals surface area contributed by atoms with E-state index in [2.05, 4.69) is 9.88 Å². The van der Waals surface area contributed by atoms with Gasteiger partial charge in [0.15, 0.2) is 0 Å². The standard InChI is InChI=1S/C14H17ClN2O/c1-10(15)6-8-17(2)14-13-9-12(18)4-3-11(13)5-7-16-14/h3-5,7,9-10,18H,6,8H2,1-2H3. The van der Waals surface area contributed by atoms with Crippen molar-refractivity contribution in [2.75, 3.05) is 18.5 Å². The first-order chi connectivity index (χ1) is 8.58. The van der Waals surface area contributed by atoms with Crippen molar-refractivity contribution in [3.05, 3.63) is 30.5 Å². The first kappa shape index (κ1) is 13.0. The molecule has 3 nitrogen and oxygen atoms in total. The summed E-state index contributed by atoms with van der Waals surface area (Å²) in [6.07, 6.45) is 2.68. The molecule has 0 saturated carbocycles. The lowest BCUT2D eigenvalue weighted by Crippen LogP contribution is -2.21. The summed E-state index contributed by atoms with van der Waals surface area (Å²) in [6, 6.07) is 7.27. The highest BCUT2D eigenvalue weighted by Gasteiger charge is 2.09. The Balaban J connectivity index is 2.34. The molecular formula is C14H17ClN2O. The van der Waals surface area contributed by atoms with Gasteiger partial charge < -0.3 is 10.0 Å². The van der Waals surface area contributed by atoms with Crippen LogP contribution in [-0.2, 0) is 0 Å². The Labute approximate surface area is 112 Å². The molecule has 1 heterocycles. The number of aromatic nitrogens is 1. The van der Waals surface area contributed by atoms with E-state index in [4.69, 9.17) is 11.6 Å². The van der Waals surface area contributed by atoms with Crippen LogP contribution < -0.4 is 4.90 Å². The summed E-state index contributed by atoms with van der Waals surface area (Å²) in [7, 11) is 1.99. The highest BCUT2D eigenvalue weighted by Crippen LogP contribution is 2.27. The largest absolute Gasteiger partial charge is 0.508 e. The van der Waals surface area contributed by atoms with E-state index in [1.165, 1.54) is 0 Å². The number of anilines is 1. The Kier molecular flexibility index (Phi) is 3.92. The van der Waals surface area contributed by atoms with Crippen molar-refractivity contribution in [1.82, 2.24) is 4.98 Å². The van der Waals surface area contributed by atoms with Gasteiger partial charge in [0.05, 0.1) is 0 Å². The molecule has 0 aliphatic carbocycles. The van der Waals surface area contributed by atoms with Gasteiger partial charge in [-0.05, 0) is 36.9 Å². The molecular weight excluding hydrogens is 248 g/mol. The number of phenols is 1. The molecule has 0 bridgehead atoms. The van der Waals surface area contributed by atoms with Gasteiger partial charge in [-0.2, -0.15) is 0 Å². The quantitative estimate of drug-likeness (QED) is 0.860. The molecule has 0 amide bonds. The third-order valence-electron chi connectivity index (χ3n) is 2.95. The van der Waals surface area contributed by atoms with Gasteiger partial charge in [0.1, 0.15) is 11.6 Å². The van der Waals surface area contributed by atoms with Crippen LogP contribution >= 0.6 is 11.6 Å². The van der Waals surface area contributed by atoms with Gasteiger partial charge >= 0.3 is 0 Å². The van der Waals surface area contributed by atoms with Crippen LogP contribution in [-0.4, -0.2) is 29.1 Å². The summed E-state index contributed by atoms with van der Waals surface area (Å²) < 4.78 is 0. The minimum absolute atomic E-state index is 0.149. The predicted octanol–water partition coefficient (Wildman–Crippen LogP) is 3.39. The lowest BCUT2D eigenvalue weighted by Gasteiger charge is -2.20. The van der Waals surface area contributed by atoms with E-state index < -0.39 is 0 Å². The fraction of sp³-hybridized carbons (Fsp3) is 0.357. The van der Waals surface area contributed by atoms with Crippen LogP contribution in [0.1, 0.15) is 13.3 Å². The molecule has 2 rings (SSSR count). The third kappa shape index (κ3) is 2.85. The van der Waals surface area contributed by atoms with E-state index in [0.29, 0.717) is 0 Å². The number of halogens is 1. The maximum absolute atomic E-state index is 9.59. The lowest BCUT2D eigenvalue weighted by atomic mass is 10.1. The molecule has 18 heavy (non-hydrogen) atoms.